The van der Waals surface area contributed by atoms with Gasteiger partial charge in [0.1, 0.15) is 0 Å². The van der Waals surface area contributed by atoms with E-state index in [1.54, 1.807) is 5.56 Å². The van der Waals surface area contributed by atoms with Crippen molar-refractivity contribution in [2.45, 2.75) is 38.0 Å². The molecule has 0 saturated heterocycles. The molecule has 3 rings (SSSR count). The third-order valence-electron chi connectivity index (χ3n) is 3.93. The Morgan fingerprint density at radius 1 is 0.882 bits per heavy atom. The molecule has 0 nitrogen and oxygen atoms in total. The lowest BCUT2D eigenvalue weighted by molar-refractivity contribution is 0.444. The van der Waals surface area contributed by atoms with Gasteiger partial charge in [-0.1, -0.05) is 49.6 Å². The Morgan fingerprint density at radius 2 is 1.65 bits per heavy atom. The monoisotopic (exact) mass is 336 g/mol. The van der Waals surface area contributed by atoms with Gasteiger partial charge in [0.25, 0.3) is 0 Å². The molecule has 0 amide bonds. The van der Waals surface area contributed by atoms with Crippen molar-refractivity contribution in [1.29, 1.82) is 0 Å². The first-order chi connectivity index (χ1) is 8.36. The van der Waals surface area contributed by atoms with Crippen molar-refractivity contribution in [3.05, 3.63) is 45.5 Å². The van der Waals surface area contributed by atoms with Crippen LogP contribution in [0.25, 0.3) is 10.8 Å². The van der Waals surface area contributed by atoms with Crippen LogP contribution in [0.2, 0.25) is 0 Å². The number of fused-ring (bicyclic) bond motifs is 1. The predicted octanol–water partition coefficient (Wildman–Crippen LogP) is 5.49. The van der Waals surface area contributed by atoms with E-state index in [0.717, 1.165) is 5.92 Å². The number of hydrogen-bond acceptors (Lipinski definition) is 0. The van der Waals surface area contributed by atoms with E-state index >= 15 is 0 Å². The standard InChI is InChI=1S/C16H17I/c17-15-11-10-12-6-4-5-9-14(12)16(15)13-7-2-1-3-8-13/h4-6,9-11,13H,1-3,7-8H2. The van der Waals surface area contributed by atoms with Crippen molar-refractivity contribution in [2.24, 2.45) is 0 Å². The van der Waals surface area contributed by atoms with Crippen molar-refractivity contribution in [2.75, 3.05) is 0 Å². The zero-order valence-corrected chi connectivity index (χ0v) is 12.1. The highest BCUT2D eigenvalue weighted by molar-refractivity contribution is 14.1. The molecule has 17 heavy (non-hydrogen) atoms. The van der Waals surface area contributed by atoms with E-state index < -0.39 is 0 Å². The minimum atomic E-state index is 0.793. The minimum Gasteiger partial charge on any atom is -0.0616 e. The summed E-state index contributed by atoms with van der Waals surface area (Å²) in [5.41, 5.74) is 1.61. The largest absolute Gasteiger partial charge is 0.0616 e. The molecule has 0 N–H and O–H groups in total. The molecule has 0 radical (unpaired) electrons. The maximum absolute atomic E-state index is 2.51. The van der Waals surface area contributed by atoms with Crippen LogP contribution in [-0.2, 0) is 0 Å². The van der Waals surface area contributed by atoms with Crippen molar-refractivity contribution in [3.8, 4) is 0 Å². The Labute approximate surface area is 117 Å². The molecule has 0 aromatic heterocycles. The van der Waals surface area contributed by atoms with Crippen LogP contribution in [0.3, 0.4) is 0 Å². The Kier molecular flexibility index (Phi) is 3.37. The van der Waals surface area contributed by atoms with E-state index in [1.165, 1.54) is 46.4 Å². The normalized spacial score (nSPS) is 17.5. The second-order valence-electron chi connectivity index (χ2n) is 5.02. The summed E-state index contributed by atoms with van der Waals surface area (Å²) < 4.78 is 1.45. The molecule has 0 unspecified atom stereocenters. The minimum absolute atomic E-state index is 0.793. The number of halogens is 1. The van der Waals surface area contributed by atoms with Crippen LogP contribution in [0.4, 0.5) is 0 Å². The van der Waals surface area contributed by atoms with Gasteiger partial charge in [-0.2, -0.15) is 0 Å². The molecule has 1 heteroatoms. The van der Waals surface area contributed by atoms with E-state index in [2.05, 4.69) is 59.0 Å². The third kappa shape index (κ3) is 2.22. The van der Waals surface area contributed by atoms with Gasteiger partial charge in [-0.25, -0.2) is 0 Å². The molecule has 0 spiro atoms. The van der Waals surface area contributed by atoms with Gasteiger partial charge in [0.05, 0.1) is 0 Å². The highest BCUT2D eigenvalue weighted by atomic mass is 127. The van der Waals surface area contributed by atoms with Gasteiger partial charge in [0.2, 0.25) is 0 Å². The Bertz CT molecular complexity index is 524. The zero-order valence-electron chi connectivity index (χ0n) is 9.95. The molecule has 0 atom stereocenters. The van der Waals surface area contributed by atoms with Gasteiger partial charge < -0.3 is 0 Å². The van der Waals surface area contributed by atoms with Crippen LogP contribution >= 0.6 is 22.6 Å². The van der Waals surface area contributed by atoms with Gasteiger partial charge in [0, 0.05) is 3.57 Å². The zero-order chi connectivity index (χ0) is 11.7. The van der Waals surface area contributed by atoms with Crippen molar-refractivity contribution in [3.63, 3.8) is 0 Å². The highest BCUT2D eigenvalue weighted by Crippen LogP contribution is 2.38. The first-order valence-corrected chi connectivity index (χ1v) is 7.61. The van der Waals surface area contributed by atoms with Gasteiger partial charge in [-0.05, 0) is 63.8 Å². The van der Waals surface area contributed by atoms with Crippen LogP contribution in [-0.4, -0.2) is 0 Å². The maximum atomic E-state index is 2.51. The highest BCUT2D eigenvalue weighted by Gasteiger charge is 2.19. The topological polar surface area (TPSA) is 0 Å². The molecular formula is C16H17I. The average molecular weight is 336 g/mol. The van der Waals surface area contributed by atoms with E-state index in [-0.39, 0.29) is 0 Å². The Hall–Kier alpha value is -0.570. The van der Waals surface area contributed by atoms with E-state index in [0.29, 0.717) is 0 Å². The van der Waals surface area contributed by atoms with Crippen LogP contribution in [0.5, 0.6) is 0 Å². The lowest BCUT2D eigenvalue weighted by Gasteiger charge is -2.24. The summed E-state index contributed by atoms with van der Waals surface area (Å²) in [6.45, 7) is 0. The fraction of sp³-hybridized carbons (Fsp3) is 0.375. The van der Waals surface area contributed by atoms with Gasteiger partial charge in [0.15, 0.2) is 0 Å². The second-order valence-corrected chi connectivity index (χ2v) is 6.18. The van der Waals surface area contributed by atoms with Crippen LogP contribution < -0.4 is 0 Å². The number of benzene rings is 2. The first-order valence-electron chi connectivity index (χ1n) is 6.53. The molecule has 2 aromatic rings. The molecule has 2 aromatic carbocycles. The molecule has 0 aliphatic heterocycles. The van der Waals surface area contributed by atoms with E-state index in [9.17, 15) is 0 Å². The van der Waals surface area contributed by atoms with Gasteiger partial charge in [-0.3, -0.25) is 0 Å². The van der Waals surface area contributed by atoms with Gasteiger partial charge in [-0.15, -0.1) is 0 Å². The quantitative estimate of drug-likeness (QED) is 0.604. The molecule has 0 bridgehead atoms. The first kappa shape index (κ1) is 11.5. The predicted molar refractivity (Wildman–Crippen MR) is 82.5 cm³/mol. The summed E-state index contributed by atoms with van der Waals surface area (Å²) >= 11 is 2.51. The summed E-state index contributed by atoms with van der Waals surface area (Å²) in [4.78, 5) is 0. The Morgan fingerprint density at radius 3 is 2.47 bits per heavy atom. The lowest BCUT2D eigenvalue weighted by Crippen LogP contribution is -2.06. The molecule has 1 saturated carbocycles. The van der Waals surface area contributed by atoms with Crippen LogP contribution in [0.15, 0.2) is 36.4 Å². The summed E-state index contributed by atoms with van der Waals surface area (Å²) in [5.74, 6) is 0.793. The van der Waals surface area contributed by atoms with E-state index in [4.69, 9.17) is 0 Å². The van der Waals surface area contributed by atoms with Gasteiger partial charge >= 0.3 is 0 Å². The summed E-state index contributed by atoms with van der Waals surface area (Å²) in [7, 11) is 0. The van der Waals surface area contributed by atoms with Crippen LogP contribution in [0.1, 0.15) is 43.6 Å². The Balaban J connectivity index is 2.15. The molecule has 1 aliphatic carbocycles. The molecular weight excluding hydrogens is 319 g/mol. The maximum Gasteiger partial charge on any atom is 0.0171 e. The molecule has 1 aliphatic rings. The van der Waals surface area contributed by atoms with Crippen molar-refractivity contribution in [1.82, 2.24) is 0 Å². The molecule has 0 heterocycles. The smallest absolute Gasteiger partial charge is 0.0171 e. The fourth-order valence-corrected chi connectivity index (χ4v) is 3.99. The number of rotatable bonds is 1. The van der Waals surface area contributed by atoms with E-state index in [1.807, 2.05) is 0 Å². The average Bonchev–Trinajstić information content (AvgIpc) is 2.39. The molecule has 88 valence electrons. The summed E-state index contributed by atoms with van der Waals surface area (Å²) in [6, 6.07) is 13.4. The molecule has 1 fully saturated rings. The van der Waals surface area contributed by atoms with Crippen molar-refractivity contribution >= 4 is 33.4 Å². The second kappa shape index (κ2) is 4.97. The lowest BCUT2D eigenvalue weighted by atomic mass is 9.82. The van der Waals surface area contributed by atoms with Crippen molar-refractivity contribution < 1.29 is 0 Å². The SMILES string of the molecule is Ic1ccc2ccccc2c1C1CCCCC1. The number of hydrogen-bond donors (Lipinski definition) is 0. The summed E-state index contributed by atoms with van der Waals surface area (Å²) in [6.07, 6.45) is 7.00. The van der Waals surface area contributed by atoms with Crippen LogP contribution in [0, 0.1) is 3.57 Å². The third-order valence-corrected chi connectivity index (χ3v) is 4.87. The summed E-state index contributed by atoms with van der Waals surface area (Å²) in [5, 5.41) is 2.87. The fourth-order valence-electron chi connectivity index (χ4n) is 3.08.